The number of nitrogens with zero attached hydrogens (tertiary/aromatic N) is 1. The molecule has 0 atom stereocenters. The van der Waals surface area contributed by atoms with E-state index in [2.05, 4.69) is 15.8 Å². The SMILES string of the molecule is COc1ccc(NC(=S)N/N=C(/C)c2ccc(Cl)c(Cl)c2)cc1OC. The molecule has 0 aliphatic rings. The number of hydrazone groups is 1. The number of benzene rings is 2. The third kappa shape index (κ3) is 5.22. The summed E-state index contributed by atoms with van der Waals surface area (Å²) >= 11 is 17.2. The van der Waals surface area contributed by atoms with Crippen LogP contribution < -0.4 is 20.2 Å². The van der Waals surface area contributed by atoms with Crippen molar-refractivity contribution >= 4 is 51.9 Å². The summed E-state index contributed by atoms with van der Waals surface area (Å²) in [6.45, 7) is 1.84. The van der Waals surface area contributed by atoms with E-state index < -0.39 is 0 Å². The molecule has 25 heavy (non-hydrogen) atoms. The quantitative estimate of drug-likeness (QED) is 0.434. The van der Waals surface area contributed by atoms with Gasteiger partial charge in [0.15, 0.2) is 16.6 Å². The summed E-state index contributed by atoms with van der Waals surface area (Å²) in [5, 5.41) is 8.58. The number of rotatable bonds is 5. The van der Waals surface area contributed by atoms with E-state index in [0.717, 1.165) is 17.0 Å². The van der Waals surface area contributed by atoms with Crippen LogP contribution in [0.25, 0.3) is 0 Å². The highest BCUT2D eigenvalue weighted by Gasteiger charge is 2.06. The molecule has 0 amide bonds. The lowest BCUT2D eigenvalue weighted by molar-refractivity contribution is 0.355. The minimum absolute atomic E-state index is 0.339. The summed E-state index contributed by atoms with van der Waals surface area (Å²) in [6, 6.07) is 10.7. The zero-order chi connectivity index (χ0) is 18.4. The molecule has 8 heteroatoms. The lowest BCUT2D eigenvalue weighted by atomic mass is 10.1. The van der Waals surface area contributed by atoms with E-state index in [1.165, 1.54) is 0 Å². The fraction of sp³-hybridized carbons (Fsp3) is 0.176. The molecule has 0 aliphatic carbocycles. The molecule has 132 valence electrons. The van der Waals surface area contributed by atoms with E-state index in [0.29, 0.717) is 26.7 Å². The first kappa shape index (κ1) is 19.3. The Balaban J connectivity index is 2.03. The standard InChI is InChI=1S/C17H17Cl2N3O2S/c1-10(11-4-6-13(18)14(19)8-11)21-22-17(25)20-12-5-7-15(23-2)16(9-12)24-3/h4-9H,1-3H3,(H2,20,22,25)/b21-10-. The van der Waals surface area contributed by atoms with Gasteiger partial charge in [-0.25, -0.2) is 0 Å². The number of anilines is 1. The Labute approximate surface area is 161 Å². The molecule has 0 saturated heterocycles. The van der Waals surface area contributed by atoms with Crippen LogP contribution in [0.4, 0.5) is 5.69 Å². The van der Waals surface area contributed by atoms with Gasteiger partial charge in [0, 0.05) is 11.8 Å². The zero-order valence-electron chi connectivity index (χ0n) is 13.9. The number of hydrogen-bond acceptors (Lipinski definition) is 4. The number of hydrogen-bond donors (Lipinski definition) is 2. The molecular weight excluding hydrogens is 381 g/mol. The molecule has 0 aromatic heterocycles. The highest BCUT2D eigenvalue weighted by atomic mass is 35.5. The Kier molecular flexibility index (Phi) is 6.87. The molecule has 2 aromatic rings. The van der Waals surface area contributed by atoms with Crippen LogP contribution in [-0.4, -0.2) is 25.0 Å². The fourth-order valence-corrected chi connectivity index (χ4v) is 2.45. The molecule has 0 saturated carbocycles. The Hall–Kier alpha value is -2.02. The van der Waals surface area contributed by atoms with Gasteiger partial charge in [-0.1, -0.05) is 29.3 Å². The number of thiocarbonyl (C=S) groups is 1. The predicted octanol–water partition coefficient (Wildman–Crippen LogP) is 4.72. The predicted molar refractivity (Wildman–Crippen MR) is 108 cm³/mol. The van der Waals surface area contributed by atoms with E-state index in [1.54, 1.807) is 38.5 Å². The molecule has 0 aliphatic heterocycles. The zero-order valence-corrected chi connectivity index (χ0v) is 16.2. The minimum atomic E-state index is 0.339. The topological polar surface area (TPSA) is 54.9 Å². The van der Waals surface area contributed by atoms with Gasteiger partial charge < -0.3 is 14.8 Å². The Bertz CT molecular complexity index is 812. The van der Waals surface area contributed by atoms with Gasteiger partial charge in [0.1, 0.15) is 0 Å². The monoisotopic (exact) mass is 397 g/mol. The summed E-state index contributed by atoms with van der Waals surface area (Å²) in [5.41, 5.74) is 5.10. The summed E-state index contributed by atoms with van der Waals surface area (Å²) in [5.74, 6) is 1.24. The molecule has 0 bridgehead atoms. The van der Waals surface area contributed by atoms with Gasteiger partial charge in [-0.3, -0.25) is 5.43 Å². The van der Waals surface area contributed by atoms with Gasteiger partial charge in [-0.05, 0) is 49.0 Å². The van der Waals surface area contributed by atoms with Crippen LogP contribution in [-0.2, 0) is 0 Å². The van der Waals surface area contributed by atoms with Crippen molar-refractivity contribution in [3.63, 3.8) is 0 Å². The van der Waals surface area contributed by atoms with Crippen LogP contribution >= 0.6 is 35.4 Å². The lowest BCUT2D eigenvalue weighted by Gasteiger charge is -2.12. The number of ether oxygens (including phenoxy) is 2. The van der Waals surface area contributed by atoms with Crippen molar-refractivity contribution < 1.29 is 9.47 Å². The Morgan fingerprint density at radius 1 is 1.00 bits per heavy atom. The summed E-state index contributed by atoms with van der Waals surface area (Å²) in [6.07, 6.45) is 0. The van der Waals surface area contributed by atoms with E-state index >= 15 is 0 Å². The van der Waals surface area contributed by atoms with Gasteiger partial charge in [-0.15, -0.1) is 0 Å². The molecule has 0 radical (unpaired) electrons. The van der Waals surface area contributed by atoms with Crippen molar-refractivity contribution in [3.8, 4) is 11.5 Å². The smallest absolute Gasteiger partial charge is 0.191 e. The van der Waals surface area contributed by atoms with Crippen LogP contribution in [0.3, 0.4) is 0 Å². The van der Waals surface area contributed by atoms with Crippen molar-refractivity contribution in [2.75, 3.05) is 19.5 Å². The van der Waals surface area contributed by atoms with Gasteiger partial charge in [0.05, 0.1) is 30.0 Å². The molecule has 0 heterocycles. The molecule has 2 N–H and O–H groups in total. The van der Waals surface area contributed by atoms with E-state index in [4.69, 9.17) is 44.9 Å². The second-order valence-electron chi connectivity index (χ2n) is 4.96. The first-order valence-electron chi connectivity index (χ1n) is 7.23. The van der Waals surface area contributed by atoms with Crippen molar-refractivity contribution in [2.45, 2.75) is 6.92 Å². The van der Waals surface area contributed by atoms with Gasteiger partial charge in [0.2, 0.25) is 0 Å². The van der Waals surface area contributed by atoms with Crippen LogP contribution in [0.15, 0.2) is 41.5 Å². The summed E-state index contributed by atoms with van der Waals surface area (Å²) < 4.78 is 10.5. The van der Waals surface area contributed by atoms with Gasteiger partial charge in [-0.2, -0.15) is 5.10 Å². The van der Waals surface area contributed by atoms with Crippen molar-refractivity contribution in [2.24, 2.45) is 5.10 Å². The van der Waals surface area contributed by atoms with Gasteiger partial charge >= 0.3 is 0 Å². The second-order valence-corrected chi connectivity index (χ2v) is 6.18. The number of nitrogens with one attached hydrogen (secondary N) is 2. The Morgan fingerprint density at radius 3 is 2.36 bits per heavy atom. The van der Waals surface area contributed by atoms with Crippen molar-refractivity contribution in [1.29, 1.82) is 0 Å². The average Bonchev–Trinajstić information content (AvgIpc) is 2.61. The molecule has 2 aromatic carbocycles. The minimum Gasteiger partial charge on any atom is -0.493 e. The maximum Gasteiger partial charge on any atom is 0.191 e. The van der Waals surface area contributed by atoms with E-state index in [9.17, 15) is 0 Å². The Morgan fingerprint density at radius 2 is 1.72 bits per heavy atom. The first-order valence-corrected chi connectivity index (χ1v) is 8.39. The largest absolute Gasteiger partial charge is 0.493 e. The highest BCUT2D eigenvalue weighted by Crippen LogP contribution is 2.29. The molecule has 0 fully saturated rings. The highest BCUT2D eigenvalue weighted by molar-refractivity contribution is 7.80. The molecule has 0 unspecified atom stereocenters. The molecule has 2 rings (SSSR count). The normalized spacial score (nSPS) is 11.0. The second kappa shape index (κ2) is 8.89. The summed E-state index contributed by atoms with van der Waals surface area (Å²) in [7, 11) is 3.15. The maximum absolute atomic E-state index is 6.01. The first-order chi connectivity index (χ1) is 11.9. The molecule has 0 spiro atoms. The number of methoxy groups -OCH3 is 2. The van der Waals surface area contributed by atoms with Crippen LogP contribution in [0.5, 0.6) is 11.5 Å². The van der Waals surface area contributed by atoms with Crippen LogP contribution in [0.1, 0.15) is 12.5 Å². The number of halogens is 2. The van der Waals surface area contributed by atoms with Crippen molar-refractivity contribution in [1.82, 2.24) is 5.43 Å². The third-order valence-corrected chi connectivity index (χ3v) is 4.24. The van der Waals surface area contributed by atoms with Crippen molar-refractivity contribution in [3.05, 3.63) is 52.0 Å². The maximum atomic E-state index is 6.01. The average molecular weight is 398 g/mol. The lowest BCUT2D eigenvalue weighted by Crippen LogP contribution is -2.25. The van der Waals surface area contributed by atoms with Crippen LogP contribution in [0, 0.1) is 0 Å². The fourth-order valence-electron chi connectivity index (χ4n) is 1.99. The van der Waals surface area contributed by atoms with E-state index in [-0.39, 0.29) is 0 Å². The van der Waals surface area contributed by atoms with Crippen LogP contribution in [0.2, 0.25) is 10.0 Å². The molecular formula is C17H17Cl2N3O2S. The third-order valence-electron chi connectivity index (χ3n) is 3.30. The van der Waals surface area contributed by atoms with Gasteiger partial charge in [0.25, 0.3) is 0 Å². The summed E-state index contributed by atoms with van der Waals surface area (Å²) in [4.78, 5) is 0. The van der Waals surface area contributed by atoms with E-state index in [1.807, 2.05) is 19.1 Å². The molecule has 5 nitrogen and oxygen atoms in total.